The number of piperazine rings is 1. The topological polar surface area (TPSA) is 83.5 Å². The van der Waals surface area contributed by atoms with E-state index in [4.69, 9.17) is 4.74 Å². The third-order valence-corrected chi connectivity index (χ3v) is 5.77. The Balaban J connectivity index is 1.26. The van der Waals surface area contributed by atoms with E-state index >= 15 is 0 Å². The van der Waals surface area contributed by atoms with Crippen molar-refractivity contribution in [1.82, 2.24) is 30.1 Å². The van der Waals surface area contributed by atoms with Gasteiger partial charge >= 0.3 is 0 Å². The number of pyridine rings is 1. The molecule has 4 rings (SSSR count). The van der Waals surface area contributed by atoms with E-state index in [2.05, 4.69) is 37.1 Å². The predicted molar refractivity (Wildman–Crippen MR) is 127 cm³/mol. The van der Waals surface area contributed by atoms with Gasteiger partial charge in [-0.25, -0.2) is 18.7 Å². The van der Waals surface area contributed by atoms with Gasteiger partial charge in [0.15, 0.2) is 5.82 Å². The fourth-order valence-electron chi connectivity index (χ4n) is 3.72. The summed E-state index contributed by atoms with van der Waals surface area (Å²) in [6.07, 6.45) is 5.62. The van der Waals surface area contributed by atoms with Gasteiger partial charge in [-0.2, -0.15) is 0 Å². The number of benzene rings is 1. The maximum absolute atomic E-state index is 14.7. The Hall–Kier alpha value is -3.50. The molecule has 8 nitrogen and oxygen atoms in total. The normalized spacial score (nSPS) is 14.6. The SMILES string of the molecule is CN1CCN(CCOc2ccc(-c3ncc(CC(=O)NCc4cncc(F)c4)cn3)c(F)c2)CC1. The second-order valence-corrected chi connectivity index (χ2v) is 8.51. The highest BCUT2D eigenvalue weighted by atomic mass is 19.1. The molecule has 1 amide bonds. The third kappa shape index (κ3) is 7.24. The second kappa shape index (κ2) is 11.8. The van der Waals surface area contributed by atoms with Crippen LogP contribution in [0.1, 0.15) is 11.1 Å². The molecule has 0 radical (unpaired) electrons. The van der Waals surface area contributed by atoms with Gasteiger partial charge in [-0.05, 0) is 36.4 Å². The zero-order valence-corrected chi connectivity index (χ0v) is 19.6. The maximum Gasteiger partial charge on any atom is 0.224 e. The number of hydrogen-bond acceptors (Lipinski definition) is 7. The minimum absolute atomic E-state index is 0.0472. The van der Waals surface area contributed by atoms with Crippen molar-refractivity contribution in [3.8, 4) is 17.1 Å². The Morgan fingerprint density at radius 1 is 1.03 bits per heavy atom. The lowest BCUT2D eigenvalue weighted by atomic mass is 10.1. The summed E-state index contributed by atoms with van der Waals surface area (Å²) in [5, 5.41) is 2.70. The monoisotopic (exact) mass is 482 g/mol. The minimum Gasteiger partial charge on any atom is -0.492 e. The standard InChI is InChI=1S/C25H28F2N6O2/c1-32-4-6-33(7-5-32)8-9-35-21-2-3-22(23(27)12-21)25-30-15-19(16-31-25)11-24(34)29-14-18-10-20(26)17-28-13-18/h2-3,10,12-13,15-17H,4-9,11,14H2,1H3,(H,29,34). The highest BCUT2D eigenvalue weighted by Crippen LogP contribution is 2.23. The Kier molecular flexibility index (Phi) is 8.27. The third-order valence-electron chi connectivity index (χ3n) is 5.77. The summed E-state index contributed by atoms with van der Waals surface area (Å²) in [6, 6.07) is 5.94. The molecule has 0 saturated carbocycles. The van der Waals surface area contributed by atoms with Crippen LogP contribution in [0.15, 0.2) is 49.1 Å². The molecule has 1 fully saturated rings. The molecule has 0 atom stereocenters. The molecule has 10 heteroatoms. The first-order valence-electron chi connectivity index (χ1n) is 11.5. The van der Waals surface area contributed by atoms with Crippen molar-refractivity contribution >= 4 is 5.91 Å². The largest absolute Gasteiger partial charge is 0.492 e. The summed E-state index contributed by atoms with van der Waals surface area (Å²) in [7, 11) is 2.11. The van der Waals surface area contributed by atoms with Crippen LogP contribution in [-0.4, -0.2) is 77.0 Å². The maximum atomic E-state index is 14.7. The van der Waals surface area contributed by atoms with E-state index in [-0.39, 0.29) is 30.3 Å². The Labute approximate surface area is 203 Å². The van der Waals surface area contributed by atoms with E-state index < -0.39 is 11.6 Å². The van der Waals surface area contributed by atoms with Crippen molar-refractivity contribution < 1.29 is 18.3 Å². The molecule has 1 aliphatic rings. The molecular formula is C25H28F2N6O2. The van der Waals surface area contributed by atoms with Crippen molar-refractivity contribution in [3.63, 3.8) is 0 Å². The van der Waals surface area contributed by atoms with Gasteiger partial charge in [0.05, 0.1) is 18.2 Å². The molecule has 184 valence electrons. The smallest absolute Gasteiger partial charge is 0.224 e. The number of likely N-dealkylation sites (N-methyl/N-ethyl adjacent to an activating group) is 1. The Morgan fingerprint density at radius 2 is 1.80 bits per heavy atom. The van der Waals surface area contributed by atoms with Gasteiger partial charge in [-0.15, -0.1) is 0 Å². The number of rotatable bonds is 9. The Morgan fingerprint density at radius 3 is 2.51 bits per heavy atom. The number of aromatic nitrogens is 3. The number of amides is 1. The summed E-state index contributed by atoms with van der Waals surface area (Å²) in [5.41, 5.74) is 1.39. The first-order valence-corrected chi connectivity index (χ1v) is 11.5. The molecule has 2 aromatic heterocycles. The number of carbonyl (C=O) groups is 1. The lowest BCUT2D eigenvalue weighted by molar-refractivity contribution is -0.120. The highest BCUT2D eigenvalue weighted by molar-refractivity contribution is 5.78. The van der Waals surface area contributed by atoms with E-state index in [0.29, 0.717) is 23.5 Å². The van der Waals surface area contributed by atoms with Crippen LogP contribution in [0.25, 0.3) is 11.4 Å². The average Bonchev–Trinajstić information content (AvgIpc) is 2.85. The van der Waals surface area contributed by atoms with Crippen LogP contribution in [0.3, 0.4) is 0 Å². The van der Waals surface area contributed by atoms with E-state index in [1.54, 1.807) is 12.1 Å². The number of nitrogens with zero attached hydrogens (tertiary/aromatic N) is 5. The number of hydrogen-bond donors (Lipinski definition) is 1. The molecule has 0 aliphatic carbocycles. The quantitative estimate of drug-likeness (QED) is 0.501. The number of halogens is 2. The van der Waals surface area contributed by atoms with Crippen LogP contribution in [-0.2, 0) is 17.8 Å². The van der Waals surface area contributed by atoms with Crippen LogP contribution >= 0.6 is 0 Å². The van der Waals surface area contributed by atoms with Gasteiger partial charge in [-0.1, -0.05) is 0 Å². The summed E-state index contributed by atoms with van der Waals surface area (Å²) >= 11 is 0. The molecule has 1 aromatic carbocycles. The van der Waals surface area contributed by atoms with Crippen LogP contribution in [0.4, 0.5) is 8.78 Å². The highest BCUT2D eigenvalue weighted by Gasteiger charge is 2.14. The summed E-state index contributed by atoms with van der Waals surface area (Å²) in [4.78, 5) is 28.9. The van der Waals surface area contributed by atoms with Gasteiger partial charge < -0.3 is 15.0 Å². The van der Waals surface area contributed by atoms with Crippen molar-refractivity contribution in [2.24, 2.45) is 0 Å². The lowest BCUT2D eigenvalue weighted by Crippen LogP contribution is -2.45. The summed E-state index contributed by atoms with van der Waals surface area (Å²) in [6.45, 7) is 5.55. The molecule has 0 bridgehead atoms. The van der Waals surface area contributed by atoms with Gasteiger partial charge in [0.2, 0.25) is 5.91 Å². The second-order valence-electron chi connectivity index (χ2n) is 8.51. The molecular weight excluding hydrogens is 454 g/mol. The average molecular weight is 483 g/mol. The molecule has 3 heterocycles. The van der Waals surface area contributed by atoms with Gasteiger partial charge in [0.1, 0.15) is 24.0 Å². The van der Waals surface area contributed by atoms with Crippen LogP contribution in [0.5, 0.6) is 5.75 Å². The zero-order valence-electron chi connectivity index (χ0n) is 19.6. The molecule has 3 aromatic rings. The fraction of sp³-hybridized carbons (Fsp3) is 0.360. The first kappa shape index (κ1) is 24.6. The van der Waals surface area contributed by atoms with Crippen molar-refractivity contribution in [2.75, 3.05) is 46.4 Å². The molecule has 1 saturated heterocycles. The van der Waals surface area contributed by atoms with Gasteiger partial charge in [0.25, 0.3) is 0 Å². The van der Waals surface area contributed by atoms with Crippen molar-refractivity contribution in [1.29, 1.82) is 0 Å². The van der Waals surface area contributed by atoms with E-state index in [0.717, 1.165) is 38.9 Å². The van der Waals surface area contributed by atoms with Crippen LogP contribution in [0.2, 0.25) is 0 Å². The van der Waals surface area contributed by atoms with Crippen molar-refractivity contribution in [2.45, 2.75) is 13.0 Å². The van der Waals surface area contributed by atoms with Gasteiger partial charge in [0, 0.05) is 63.9 Å². The zero-order chi connectivity index (χ0) is 24.6. The van der Waals surface area contributed by atoms with E-state index in [1.165, 1.54) is 30.7 Å². The van der Waals surface area contributed by atoms with E-state index in [9.17, 15) is 13.6 Å². The van der Waals surface area contributed by atoms with Crippen LogP contribution < -0.4 is 10.1 Å². The van der Waals surface area contributed by atoms with Gasteiger partial charge in [-0.3, -0.25) is 14.7 Å². The predicted octanol–water partition coefficient (Wildman–Crippen LogP) is 2.30. The summed E-state index contributed by atoms with van der Waals surface area (Å²) < 4.78 is 33.6. The molecule has 35 heavy (non-hydrogen) atoms. The molecule has 0 unspecified atom stereocenters. The molecule has 1 aliphatic heterocycles. The lowest BCUT2D eigenvalue weighted by Gasteiger charge is -2.32. The minimum atomic E-state index is -0.476. The molecule has 1 N–H and O–H groups in total. The Bertz CT molecular complexity index is 1140. The number of ether oxygens (including phenoxy) is 1. The summed E-state index contributed by atoms with van der Waals surface area (Å²) in [5.74, 6) is -0.520. The molecule has 0 spiro atoms. The van der Waals surface area contributed by atoms with E-state index in [1.807, 2.05) is 0 Å². The number of carbonyl (C=O) groups excluding carboxylic acids is 1. The van der Waals surface area contributed by atoms with Crippen LogP contribution in [0, 0.1) is 11.6 Å². The number of nitrogens with one attached hydrogen (secondary N) is 1. The first-order chi connectivity index (χ1) is 17.0. The fourth-order valence-corrected chi connectivity index (χ4v) is 3.72. The van der Waals surface area contributed by atoms with Crippen molar-refractivity contribution in [3.05, 3.63) is 71.8 Å².